The van der Waals surface area contributed by atoms with Crippen LogP contribution in [0.4, 0.5) is 8.78 Å². The number of alkyl halides is 2. The summed E-state index contributed by atoms with van der Waals surface area (Å²) in [7, 11) is 1.36. The van der Waals surface area contributed by atoms with Crippen molar-refractivity contribution in [2.45, 2.75) is 13.3 Å². The molecule has 0 bridgehead atoms. The SMILES string of the molecule is CC(=O)c1ccc(Oc2c(C(N)=O)c(C(F)F)nn2C)cc1. The van der Waals surface area contributed by atoms with Crippen molar-refractivity contribution >= 4 is 11.7 Å². The highest BCUT2D eigenvalue weighted by Gasteiger charge is 2.28. The minimum absolute atomic E-state index is 0.120. The van der Waals surface area contributed by atoms with Gasteiger partial charge in [-0.2, -0.15) is 5.10 Å². The Morgan fingerprint density at radius 3 is 2.32 bits per heavy atom. The van der Waals surface area contributed by atoms with Crippen LogP contribution in [0.5, 0.6) is 11.6 Å². The molecule has 2 rings (SSSR count). The van der Waals surface area contributed by atoms with Gasteiger partial charge in [0.25, 0.3) is 12.3 Å². The highest BCUT2D eigenvalue weighted by molar-refractivity contribution is 5.96. The number of halogens is 2. The fourth-order valence-electron chi connectivity index (χ4n) is 1.90. The predicted molar refractivity (Wildman–Crippen MR) is 73.2 cm³/mol. The number of Topliss-reactive ketones (excluding diaryl/α,β-unsaturated/α-hetero) is 1. The molecule has 0 saturated carbocycles. The largest absolute Gasteiger partial charge is 0.438 e. The lowest BCUT2D eigenvalue weighted by atomic mass is 10.1. The van der Waals surface area contributed by atoms with Crippen LogP contribution in [-0.4, -0.2) is 21.5 Å². The highest BCUT2D eigenvalue weighted by atomic mass is 19.3. The van der Waals surface area contributed by atoms with E-state index >= 15 is 0 Å². The van der Waals surface area contributed by atoms with E-state index in [1.807, 2.05) is 0 Å². The smallest absolute Gasteiger partial charge is 0.283 e. The lowest BCUT2D eigenvalue weighted by Gasteiger charge is -2.07. The molecule has 0 unspecified atom stereocenters. The normalized spacial score (nSPS) is 10.8. The number of amides is 1. The van der Waals surface area contributed by atoms with Gasteiger partial charge in [0.1, 0.15) is 17.0 Å². The van der Waals surface area contributed by atoms with Crippen LogP contribution in [0.2, 0.25) is 0 Å². The summed E-state index contributed by atoms with van der Waals surface area (Å²) in [6.07, 6.45) is -2.95. The number of aryl methyl sites for hydroxylation is 1. The number of nitrogens with two attached hydrogens (primary N) is 1. The summed E-state index contributed by atoms with van der Waals surface area (Å²) in [6, 6.07) is 6.01. The van der Waals surface area contributed by atoms with Crippen LogP contribution >= 0.6 is 0 Å². The van der Waals surface area contributed by atoms with Crippen molar-refractivity contribution in [3.63, 3.8) is 0 Å². The molecule has 1 aromatic carbocycles. The molecule has 0 saturated heterocycles. The van der Waals surface area contributed by atoms with E-state index in [2.05, 4.69) is 5.10 Å². The molecular weight excluding hydrogens is 296 g/mol. The molecule has 1 aromatic heterocycles. The van der Waals surface area contributed by atoms with Crippen molar-refractivity contribution in [3.8, 4) is 11.6 Å². The first-order valence-corrected chi connectivity index (χ1v) is 6.25. The number of aromatic nitrogens is 2. The van der Waals surface area contributed by atoms with Crippen LogP contribution in [-0.2, 0) is 7.05 Å². The number of primary amides is 1. The van der Waals surface area contributed by atoms with Gasteiger partial charge in [0, 0.05) is 12.6 Å². The number of benzene rings is 1. The first-order chi connectivity index (χ1) is 10.3. The van der Waals surface area contributed by atoms with Crippen LogP contribution in [0.1, 0.15) is 39.8 Å². The van der Waals surface area contributed by atoms with Crippen LogP contribution in [0, 0.1) is 0 Å². The van der Waals surface area contributed by atoms with Crippen molar-refractivity contribution in [1.29, 1.82) is 0 Å². The Bertz CT molecular complexity index is 724. The van der Waals surface area contributed by atoms with Crippen LogP contribution in [0.3, 0.4) is 0 Å². The summed E-state index contributed by atoms with van der Waals surface area (Å²) in [5.41, 5.74) is 4.41. The average Bonchev–Trinajstić information content (AvgIpc) is 2.77. The third kappa shape index (κ3) is 2.95. The van der Waals surface area contributed by atoms with E-state index in [1.54, 1.807) is 0 Å². The van der Waals surface area contributed by atoms with Gasteiger partial charge >= 0.3 is 0 Å². The minimum Gasteiger partial charge on any atom is -0.438 e. The van der Waals surface area contributed by atoms with Gasteiger partial charge in [0.15, 0.2) is 5.78 Å². The Labute approximate surface area is 124 Å². The first kappa shape index (κ1) is 15.6. The fourth-order valence-corrected chi connectivity index (χ4v) is 1.90. The monoisotopic (exact) mass is 309 g/mol. The van der Waals surface area contributed by atoms with Gasteiger partial charge < -0.3 is 10.5 Å². The quantitative estimate of drug-likeness (QED) is 0.859. The highest BCUT2D eigenvalue weighted by Crippen LogP contribution is 2.32. The second-order valence-electron chi connectivity index (χ2n) is 4.54. The van der Waals surface area contributed by atoms with E-state index in [-0.39, 0.29) is 17.4 Å². The molecule has 2 N–H and O–H groups in total. The average molecular weight is 309 g/mol. The Morgan fingerprint density at radius 2 is 1.86 bits per heavy atom. The van der Waals surface area contributed by atoms with Crippen molar-refractivity contribution in [2.24, 2.45) is 12.8 Å². The fraction of sp³-hybridized carbons (Fsp3) is 0.214. The van der Waals surface area contributed by atoms with Gasteiger partial charge in [0.2, 0.25) is 5.88 Å². The van der Waals surface area contributed by atoms with Gasteiger partial charge in [-0.15, -0.1) is 0 Å². The number of hydrogen-bond donors (Lipinski definition) is 1. The number of carbonyl (C=O) groups excluding carboxylic acids is 2. The number of rotatable bonds is 5. The molecule has 22 heavy (non-hydrogen) atoms. The Balaban J connectivity index is 2.40. The Morgan fingerprint density at radius 1 is 1.27 bits per heavy atom. The first-order valence-electron chi connectivity index (χ1n) is 6.25. The Hall–Kier alpha value is -2.77. The summed E-state index contributed by atoms with van der Waals surface area (Å²) in [4.78, 5) is 22.6. The molecule has 2 aromatic rings. The molecule has 1 heterocycles. The number of ether oxygens (including phenoxy) is 1. The lowest BCUT2D eigenvalue weighted by Crippen LogP contribution is -2.14. The summed E-state index contributed by atoms with van der Waals surface area (Å²) < 4.78 is 32.2. The summed E-state index contributed by atoms with van der Waals surface area (Å²) in [5.74, 6) is -1.10. The molecular formula is C14H13F2N3O3. The van der Waals surface area contributed by atoms with E-state index in [1.165, 1.54) is 38.2 Å². The third-order valence-corrected chi connectivity index (χ3v) is 2.95. The third-order valence-electron chi connectivity index (χ3n) is 2.95. The van der Waals surface area contributed by atoms with Crippen molar-refractivity contribution in [2.75, 3.05) is 0 Å². The Kier molecular flexibility index (Phi) is 4.20. The van der Waals surface area contributed by atoms with Gasteiger partial charge in [-0.1, -0.05) is 0 Å². The van der Waals surface area contributed by atoms with E-state index in [4.69, 9.17) is 10.5 Å². The van der Waals surface area contributed by atoms with E-state index < -0.39 is 23.6 Å². The van der Waals surface area contributed by atoms with Crippen molar-refractivity contribution in [3.05, 3.63) is 41.1 Å². The van der Waals surface area contributed by atoms with E-state index in [0.29, 0.717) is 5.56 Å². The molecule has 0 aliphatic carbocycles. The number of nitrogens with zero attached hydrogens (tertiary/aromatic N) is 2. The molecule has 0 atom stereocenters. The van der Waals surface area contributed by atoms with Crippen molar-refractivity contribution in [1.82, 2.24) is 9.78 Å². The zero-order chi connectivity index (χ0) is 16.4. The van der Waals surface area contributed by atoms with E-state index in [0.717, 1.165) is 4.68 Å². The maximum absolute atomic E-state index is 12.9. The zero-order valence-electron chi connectivity index (χ0n) is 11.8. The molecule has 6 nitrogen and oxygen atoms in total. The molecule has 8 heteroatoms. The molecule has 0 spiro atoms. The second-order valence-corrected chi connectivity index (χ2v) is 4.54. The van der Waals surface area contributed by atoms with Crippen molar-refractivity contribution < 1.29 is 23.1 Å². The standard InChI is InChI=1S/C14H13F2N3O3/c1-7(20)8-3-5-9(6-4-8)22-14-10(13(17)21)11(12(15)16)18-19(14)2/h3-6,12H,1-2H3,(H2,17,21). The summed E-state index contributed by atoms with van der Waals surface area (Å²) in [5, 5.41) is 3.56. The van der Waals surface area contributed by atoms with Crippen LogP contribution in [0.25, 0.3) is 0 Å². The van der Waals surface area contributed by atoms with Crippen LogP contribution in [0.15, 0.2) is 24.3 Å². The second kappa shape index (κ2) is 5.92. The minimum atomic E-state index is -2.95. The molecule has 0 aliphatic rings. The summed E-state index contributed by atoms with van der Waals surface area (Å²) >= 11 is 0. The lowest BCUT2D eigenvalue weighted by molar-refractivity contribution is 0.0981. The van der Waals surface area contributed by atoms with Crippen LogP contribution < -0.4 is 10.5 Å². The zero-order valence-corrected chi connectivity index (χ0v) is 11.8. The van der Waals surface area contributed by atoms with E-state index in [9.17, 15) is 18.4 Å². The molecule has 0 radical (unpaired) electrons. The maximum atomic E-state index is 12.9. The molecule has 0 aliphatic heterocycles. The van der Waals surface area contributed by atoms with Gasteiger partial charge in [0.05, 0.1) is 0 Å². The van der Waals surface area contributed by atoms with Gasteiger partial charge in [-0.25, -0.2) is 13.5 Å². The van der Waals surface area contributed by atoms with Gasteiger partial charge in [-0.3, -0.25) is 9.59 Å². The molecule has 116 valence electrons. The topological polar surface area (TPSA) is 87.2 Å². The summed E-state index contributed by atoms with van der Waals surface area (Å²) in [6.45, 7) is 1.41. The molecule has 0 fully saturated rings. The number of hydrogen-bond acceptors (Lipinski definition) is 4. The number of carbonyl (C=O) groups is 2. The molecule has 1 amide bonds. The predicted octanol–water partition coefficient (Wildman–Crippen LogP) is 2.45. The van der Waals surface area contributed by atoms with Gasteiger partial charge in [-0.05, 0) is 31.2 Å². The number of ketones is 1. The maximum Gasteiger partial charge on any atom is 0.283 e.